The molecule has 2 rings (SSSR count). The zero-order chi connectivity index (χ0) is 10.1. The Bertz CT molecular complexity index is 471. The van der Waals surface area contributed by atoms with Crippen molar-refractivity contribution in [1.82, 2.24) is 9.78 Å². The van der Waals surface area contributed by atoms with Gasteiger partial charge in [0.1, 0.15) is 5.69 Å². The third kappa shape index (κ3) is 1.21. The first-order chi connectivity index (χ1) is 6.74. The van der Waals surface area contributed by atoms with Crippen LogP contribution < -0.4 is 0 Å². The highest BCUT2D eigenvalue weighted by Crippen LogP contribution is 2.19. The van der Waals surface area contributed by atoms with E-state index in [1.54, 1.807) is 4.68 Å². The minimum atomic E-state index is 0.211. The lowest BCUT2D eigenvalue weighted by atomic mass is 10.2. The molecule has 14 heavy (non-hydrogen) atoms. The quantitative estimate of drug-likeness (QED) is 0.678. The minimum Gasteiger partial charge on any atom is -0.296 e. The molecule has 0 bridgehead atoms. The average Bonchev–Trinajstić information content (AvgIpc) is 2.56. The maximum atomic E-state index is 10.9. The van der Waals surface area contributed by atoms with Crippen LogP contribution in [0.4, 0.5) is 0 Å². The summed E-state index contributed by atoms with van der Waals surface area (Å²) < 4.78 is 1.76. The minimum absolute atomic E-state index is 0.211. The standard InChI is InChI=1S/C11H12N2O/c1-8(2)13-11(7-14)9-5-3-4-6-10(9)12-13/h3-8H,1-2H3. The van der Waals surface area contributed by atoms with Crippen molar-refractivity contribution in [2.24, 2.45) is 0 Å². The summed E-state index contributed by atoms with van der Waals surface area (Å²) in [6, 6.07) is 7.89. The van der Waals surface area contributed by atoms with E-state index in [1.807, 2.05) is 38.1 Å². The van der Waals surface area contributed by atoms with Gasteiger partial charge in [0.2, 0.25) is 0 Å². The van der Waals surface area contributed by atoms with Gasteiger partial charge in [0.15, 0.2) is 6.29 Å². The summed E-state index contributed by atoms with van der Waals surface area (Å²) in [6.07, 6.45) is 0.870. The van der Waals surface area contributed by atoms with Gasteiger partial charge < -0.3 is 0 Å². The third-order valence-corrected chi connectivity index (χ3v) is 2.24. The molecule has 0 aliphatic carbocycles. The van der Waals surface area contributed by atoms with Crippen molar-refractivity contribution in [2.45, 2.75) is 19.9 Å². The summed E-state index contributed by atoms with van der Waals surface area (Å²) in [4.78, 5) is 10.9. The van der Waals surface area contributed by atoms with Crippen LogP contribution in [0.1, 0.15) is 30.4 Å². The normalized spacial score (nSPS) is 11.1. The van der Waals surface area contributed by atoms with Crippen LogP contribution in [0.15, 0.2) is 24.3 Å². The summed E-state index contributed by atoms with van der Waals surface area (Å²) in [6.45, 7) is 4.03. The van der Waals surface area contributed by atoms with E-state index >= 15 is 0 Å². The first kappa shape index (κ1) is 8.94. The Kier molecular flexibility index (Phi) is 2.08. The molecule has 1 aromatic carbocycles. The van der Waals surface area contributed by atoms with Crippen LogP contribution in [0.2, 0.25) is 0 Å². The Labute approximate surface area is 82.3 Å². The van der Waals surface area contributed by atoms with E-state index in [1.165, 1.54) is 0 Å². The number of rotatable bonds is 2. The van der Waals surface area contributed by atoms with Gasteiger partial charge in [-0.25, -0.2) is 0 Å². The molecule has 0 saturated heterocycles. The highest BCUT2D eigenvalue weighted by molar-refractivity contribution is 5.95. The van der Waals surface area contributed by atoms with Crippen molar-refractivity contribution in [3.63, 3.8) is 0 Å². The Balaban J connectivity index is 2.78. The molecule has 1 heterocycles. The number of benzene rings is 1. The molecule has 0 atom stereocenters. The number of aldehydes is 1. The molecule has 0 aliphatic heterocycles. The largest absolute Gasteiger partial charge is 0.296 e. The Morgan fingerprint density at radius 1 is 1.36 bits per heavy atom. The van der Waals surface area contributed by atoms with Gasteiger partial charge in [-0.15, -0.1) is 0 Å². The topological polar surface area (TPSA) is 34.9 Å². The van der Waals surface area contributed by atoms with E-state index in [-0.39, 0.29) is 6.04 Å². The smallest absolute Gasteiger partial charge is 0.168 e. The number of carbonyl (C=O) groups is 1. The third-order valence-electron chi connectivity index (χ3n) is 2.24. The lowest BCUT2D eigenvalue weighted by molar-refractivity contribution is 0.111. The van der Waals surface area contributed by atoms with Crippen LogP contribution in [0.3, 0.4) is 0 Å². The second-order valence-corrected chi connectivity index (χ2v) is 3.56. The molecule has 2 aromatic rings. The molecule has 0 saturated carbocycles. The van der Waals surface area contributed by atoms with E-state index in [0.29, 0.717) is 5.69 Å². The van der Waals surface area contributed by atoms with Crippen LogP contribution in [-0.2, 0) is 0 Å². The van der Waals surface area contributed by atoms with Crippen LogP contribution in [0.5, 0.6) is 0 Å². The maximum Gasteiger partial charge on any atom is 0.168 e. The van der Waals surface area contributed by atoms with E-state index in [2.05, 4.69) is 5.10 Å². The van der Waals surface area contributed by atoms with E-state index in [9.17, 15) is 4.79 Å². The summed E-state index contributed by atoms with van der Waals surface area (Å²) in [7, 11) is 0. The predicted molar refractivity (Wildman–Crippen MR) is 55.5 cm³/mol. The molecule has 72 valence electrons. The zero-order valence-electron chi connectivity index (χ0n) is 8.27. The van der Waals surface area contributed by atoms with Gasteiger partial charge >= 0.3 is 0 Å². The Hall–Kier alpha value is -1.64. The van der Waals surface area contributed by atoms with Crippen molar-refractivity contribution in [3.05, 3.63) is 30.0 Å². The second-order valence-electron chi connectivity index (χ2n) is 3.56. The molecule has 1 aromatic heterocycles. The molecule has 0 spiro atoms. The summed E-state index contributed by atoms with van der Waals surface area (Å²) in [5.74, 6) is 0. The maximum absolute atomic E-state index is 10.9. The van der Waals surface area contributed by atoms with Crippen molar-refractivity contribution in [2.75, 3.05) is 0 Å². The lowest BCUT2D eigenvalue weighted by Crippen LogP contribution is -2.06. The molecular formula is C11H12N2O. The number of carbonyl (C=O) groups excluding carboxylic acids is 1. The number of nitrogens with zero attached hydrogens (tertiary/aromatic N) is 2. The molecule has 3 nitrogen and oxygen atoms in total. The average molecular weight is 188 g/mol. The zero-order valence-corrected chi connectivity index (χ0v) is 8.27. The number of fused-ring (bicyclic) bond motifs is 1. The first-order valence-electron chi connectivity index (χ1n) is 4.66. The number of aromatic nitrogens is 2. The van der Waals surface area contributed by atoms with Gasteiger partial charge in [-0.05, 0) is 19.9 Å². The van der Waals surface area contributed by atoms with Crippen molar-refractivity contribution < 1.29 is 4.79 Å². The monoisotopic (exact) mass is 188 g/mol. The molecule has 3 heteroatoms. The summed E-state index contributed by atoms with van der Waals surface area (Å²) in [5.41, 5.74) is 1.54. The van der Waals surface area contributed by atoms with Crippen LogP contribution >= 0.6 is 0 Å². The second kappa shape index (κ2) is 3.25. The molecule has 0 radical (unpaired) electrons. The SMILES string of the molecule is CC(C)n1nc2ccccc2c1C=O. The van der Waals surface area contributed by atoms with Crippen LogP contribution in [-0.4, -0.2) is 16.1 Å². The fourth-order valence-electron chi connectivity index (χ4n) is 1.58. The number of hydrogen-bond donors (Lipinski definition) is 0. The van der Waals surface area contributed by atoms with Crippen molar-refractivity contribution >= 4 is 17.2 Å². The highest BCUT2D eigenvalue weighted by Gasteiger charge is 2.11. The summed E-state index contributed by atoms with van der Waals surface area (Å²) >= 11 is 0. The fourth-order valence-corrected chi connectivity index (χ4v) is 1.58. The highest BCUT2D eigenvalue weighted by atomic mass is 16.1. The summed E-state index contributed by atoms with van der Waals surface area (Å²) in [5, 5.41) is 5.30. The molecule has 0 fully saturated rings. The van der Waals surface area contributed by atoms with E-state index in [0.717, 1.165) is 17.2 Å². The first-order valence-corrected chi connectivity index (χ1v) is 4.66. The molecule has 0 aliphatic rings. The van der Waals surface area contributed by atoms with E-state index < -0.39 is 0 Å². The van der Waals surface area contributed by atoms with Crippen molar-refractivity contribution in [1.29, 1.82) is 0 Å². The van der Waals surface area contributed by atoms with Gasteiger partial charge in [-0.2, -0.15) is 5.10 Å². The predicted octanol–water partition coefficient (Wildman–Crippen LogP) is 2.43. The molecular weight excluding hydrogens is 176 g/mol. The lowest BCUT2D eigenvalue weighted by Gasteiger charge is -2.05. The van der Waals surface area contributed by atoms with Gasteiger partial charge in [-0.3, -0.25) is 9.48 Å². The van der Waals surface area contributed by atoms with Gasteiger partial charge in [0.25, 0.3) is 0 Å². The Morgan fingerprint density at radius 2 is 2.07 bits per heavy atom. The van der Waals surface area contributed by atoms with Crippen molar-refractivity contribution in [3.8, 4) is 0 Å². The van der Waals surface area contributed by atoms with Gasteiger partial charge in [0, 0.05) is 11.4 Å². The van der Waals surface area contributed by atoms with E-state index in [4.69, 9.17) is 0 Å². The van der Waals surface area contributed by atoms with Gasteiger partial charge in [-0.1, -0.05) is 18.2 Å². The Morgan fingerprint density at radius 3 is 2.71 bits per heavy atom. The van der Waals surface area contributed by atoms with Gasteiger partial charge in [0.05, 0.1) is 5.52 Å². The fraction of sp³-hybridized carbons (Fsp3) is 0.273. The molecule has 0 amide bonds. The number of hydrogen-bond acceptors (Lipinski definition) is 2. The van der Waals surface area contributed by atoms with Crippen LogP contribution in [0, 0.1) is 0 Å². The molecule has 0 unspecified atom stereocenters. The van der Waals surface area contributed by atoms with Crippen LogP contribution in [0.25, 0.3) is 10.9 Å². The molecule has 0 N–H and O–H groups in total.